The van der Waals surface area contributed by atoms with E-state index in [2.05, 4.69) is 0 Å². The molecule has 0 aliphatic heterocycles. The largest absolute Gasteiger partial charge is 0.0702 e. The lowest BCUT2D eigenvalue weighted by atomic mass is 9.90. The molecule has 0 N–H and O–H groups in total. The van der Waals surface area contributed by atoms with E-state index in [0.29, 0.717) is 0 Å². The number of hydrogen-bond acceptors (Lipinski definition) is 0. The smallest absolute Gasteiger partial charge is 0.0317 e. The van der Waals surface area contributed by atoms with Crippen molar-refractivity contribution in [1.82, 2.24) is 0 Å². The number of hydrogen-bond donors (Lipinski definition) is 0. The van der Waals surface area contributed by atoms with Gasteiger partial charge in [-0.2, -0.15) is 0 Å². The second kappa shape index (κ2) is 2.81. The van der Waals surface area contributed by atoms with Crippen molar-refractivity contribution in [2.75, 3.05) is 0 Å². The van der Waals surface area contributed by atoms with E-state index in [1.807, 2.05) is 0 Å². The first-order valence-corrected chi connectivity index (χ1v) is 3.33. The lowest BCUT2D eigenvalue weighted by Crippen LogP contribution is -1.99. The van der Waals surface area contributed by atoms with E-state index >= 15 is 0 Å². The Kier molecular flexibility index (Phi) is 2.01. The van der Waals surface area contributed by atoms with Gasteiger partial charge >= 0.3 is 0 Å². The van der Waals surface area contributed by atoms with Gasteiger partial charge in [0.15, 0.2) is 0 Å². The second-order valence-corrected chi connectivity index (χ2v) is 2.39. The maximum absolute atomic E-state index is 5.34. The minimum Gasteiger partial charge on any atom is -0.0702 e. The van der Waals surface area contributed by atoms with E-state index in [-0.39, 0.29) is 0 Å². The van der Waals surface area contributed by atoms with Crippen molar-refractivity contribution in [2.45, 2.75) is 32.1 Å². The Morgan fingerprint density at radius 2 is 1.75 bits per heavy atom. The average Bonchev–Trinajstić information content (AvgIpc) is 1.90. The van der Waals surface area contributed by atoms with Crippen molar-refractivity contribution >= 4 is 0 Å². The number of rotatable bonds is 1. The van der Waals surface area contributed by atoms with E-state index in [1.165, 1.54) is 38.0 Å². The molecule has 0 amide bonds. The van der Waals surface area contributed by atoms with Crippen LogP contribution in [0.2, 0.25) is 0 Å². The molecule has 0 aromatic carbocycles. The summed E-state index contributed by atoms with van der Waals surface area (Å²) in [5, 5.41) is 0. The van der Waals surface area contributed by atoms with Crippen LogP contribution < -0.4 is 0 Å². The van der Waals surface area contributed by atoms with Gasteiger partial charge in [-0.05, 0) is 25.7 Å². The molecule has 0 atom stereocenters. The summed E-state index contributed by atoms with van der Waals surface area (Å²) in [6.45, 7) is 5.34. The van der Waals surface area contributed by atoms with Crippen LogP contribution in [0, 0.1) is 12.5 Å². The summed E-state index contributed by atoms with van der Waals surface area (Å²) in [6.07, 6.45) is 8.37. The second-order valence-electron chi connectivity index (χ2n) is 2.39. The Bertz CT molecular complexity index is 68.1. The molecule has 0 aromatic rings. The van der Waals surface area contributed by atoms with Gasteiger partial charge in [-0.3, -0.25) is 0 Å². The van der Waals surface area contributed by atoms with Crippen LogP contribution in [0.1, 0.15) is 32.1 Å². The normalized spacial score (nSPS) is 20.8. The molecule has 0 aromatic heterocycles. The van der Waals surface area contributed by atoms with Crippen LogP contribution in [0.5, 0.6) is 0 Å². The zero-order valence-corrected chi connectivity index (χ0v) is 5.19. The predicted octanol–water partition coefficient (Wildman–Crippen LogP) is 2.51. The van der Waals surface area contributed by atoms with E-state index in [1.54, 1.807) is 6.08 Å². The Hall–Kier alpha value is -0.390. The highest BCUT2D eigenvalue weighted by atomic mass is 14.1. The summed E-state index contributed by atoms with van der Waals surface area (Å²) < 4.78 is 0. The molecule has 8 heavy (non-hydrogen) atoms. The quantitative estimate of drug-likeness (QED) is 0.453. The predicted molar refractivity (Wildman–Crippen MR) is 35.2 cm³/mol. The van der Waals surface area contributed by atoms with Crippen LogP contribution in [0.3, 0.4) is 0 Å². The molecule has 0 heteroatoms. The first-order chi connectivity index (χ1) is 3.93. The minimum atomic E-state index is 1.25. The van der Waals surface area contributed by atoms with Gasteiger partial charge < -0.3 is 0 Å². The van der Waals surface area contributed by atoms with Crippen molar-refractivity contribution < 1.29 is 0 Å². The molecule has 0 spiro atoms. The zero-order valence-electron chi connectivity index (χ0n) is 5.19. The molecule has 1 rings (SSSR count). The van der Waals surface area contributed by atoms with Gasteiger partial charge in [-0.25, -0.2) is 0 Å². The van der Waals surface area contributed by atoms with Gasteiger partial charge in [0.2, 0.25) is 0 Å². The molecular formula is C8H12. The standard InChI is InChI=1S/C8H12/c1-2-8-6-4-3-5-7-8/h1-2H,3-7H2. The first kappa shape index (κ1) is 5.74. The van der Waals surface area contributed by atoms with Crippen molar-refractivity contribution in [2.24, 2.45) is 0 Å². The van der Waals surface area contributed by atoms with E-state index in [4.69, 9.17) is 6.58 Å². The lowest BCUT2D eigenvalue weighted by Gasteiger charge is -2.17. The van der Waals surface area contributed by atoms with Crippen molar-refractivity contribution in [1.29, 1.82) is 0 Å². The van der Waals surface area contributed by atoms with E-state index in [9.17, 15) is 0 Å². The fourth-order valence-corrected chi connectivity index (χ4v) is 1.17. The molecule has 0 unspecified atom stereocenters. The van der Waals surface area contributed by atoms with Crippen LogP contribution >= 0.6 is 0 Å². The van der Waals surface area contributed by atoms with Crippen LogP contribution in [0.25, 0.3) is 0 Å². The molecule has 1 aliphatic carbocycles. The highest BCUT2D eigenvalue weighted by Crippen LogP contribution is 2.25. The zero-order chi connectivity index (χ0) is 5.82. The molecule has 0 radical (unpaired) electrons. The highest BCUT2D eigenvalue weighted by Gasteiger charge is 2.07. The van der Waals surface area contributed by atoms with Crippen LogP contribution in [-0.2, 0) is 0 Å². The van der Waals surface area contributed by atoms with E-state index in [0.717, 1.165) is 0 Å². The lowest BCUT2D eigenvalue weighted by molar-refractivity contribution is 0.557. The van der Waals surface area contributed by atoms with Crippen molar-refractivity contribution in [3.63, 3.8) is 0 Å². The van der Waals surface area contributed by atoms with Gasteiger partial charge in [0.1, 0.15) is 0 Å². The fraction of sp³-hybridized carbons (Fsp3) is 0.625. The summed E-state index contributed by atoms with van der Waals surface area (Å²) in [5.74, 6) is 1.45. The molecule has 1 fully saturated rings. The third-order valence-corrected chi connectivity index (χ3v) is 1.73. The van der Waals surface area contributed by atoms with Gasteiger partial charge in [0, 0.05) is 0 Å². The van der Waals surface area contributed by atoms with Crippen molar-refractivity contribution in [3.05, 3.63) is 18.6 Å². The summed E-state index contributed by atoms with van der Waals surface area (Å²) in [6, 6.07) is 0. The Balaban J connectivity index is 2.22. The molecular weight excluding hydrogens is 96.1 g/mol. The summed E-state index contributed by atoms with van der Waals surface area (Å²) in [4.78, 5) is 0. The molecule has 0 nitrogen and oxygen atoms in total. The number of allylic oxidation sites excluding steroid dienone is 1. The van der Waals surface area contributed by atoms with Crippen LogP contribution in [0.4, 0.5) is 0 Å². The maximum Gasteiger partial charge on any atom is -0.0317 e. The maximum atomic E-state index is 5.34. The molecule has 44 valence electrons. The Morgan fingerprint density at radius 3 is 2.12 bits per heavy atom. The summed E-state index contributed by atoms with van der Waals surface area (Å²) in [7, 11) is 0. The molecule has 0 bridgehead atoms. The summed E-state index contributed by atoms with van der Waals surface area (Å²) in [5.41, 5.74) is 0. The van der Waals surface area contributed by atoms with E-state index < -0.39 is 0 Å². The monoisotopic (exact) mass is 108 g/mol. The Morgan fingerprint density at radius 1 is 1.12 bits per heavy atom. The third-order valence-electron chi connectivity index (χ3n) is 1.73. The molecule has 1 aliphatic rings. The SMILES string of the molecule is [CH-]=C[C+]1CCCCC1. The summed E-state index contributed by atoms with van der Waals surface area (Å²) >= 11 is 0. The van der Waals surface area contributed by atoms with Gasteiger partial charge in [-0.1, -0.05) is 25.0 Å². The van der Waals surface area contributed by atoms with Crippen LogP contribution in [0.15, 0.2) is 6.08 Å². The third kappa shape index (κ3) is 1.29. The van der Waals surface area contributed by atoms with Crippen LogP contribution in [-0.4, -0.2) is 0 Å². The van der Waals surface area contributed by atoms with Gasteiger partial charge in [0.05, 0.1) is 0 Å². The van der Waals surface area contributed by atoms with Gasteiger partial charge in [0.25, 0.3) is 0 Å². The molecule has 0 saturated heterocycles. The highest BCUT2D eigenvalue weighted by molar-refractivity contribution is 5.05. The molecule has 0 heterocycles. The van der Waals surface area contributed by atoms with Gasteiger partial charge in [-0.15, -0.1) is 0 Å². The minimum absolute atomic E-state index is 1.25. The molecule has 1 saturated carbocycles. The Labute approximate surface area is 51.6 Å². The first-order valence-electron chi connectivity index (χ1n) is 3.33. The average molecular weight is 108 g/mol. The van der Waals surface area contributed by atoms with Crippen molar-refractivity contribution in [3.8, 4) is 0 Å². The fourth-order valence-electron chi connectivity index (χ4n) is 1.17. The topological polar surface area (TPSA) is 0 Å².